The molecule has 1 unspecified atom stereocenters. The Hall–Kier alpha value is -0.0800. The van der Waals surface area contributed by atoms with Gasteiger partial charge in [0.05, 0.1) is 0 Å². The van der Waals surface area contributed by atoms with Crippen LogP contribution in [0.1, 0.15) is 34.1 Å². The van der Waals surface area contributed by atoms with Crippen molar-refractivity contribution in [3.05, 3.63) is 0 Å². The molecule has 0 aromatic carbocycles. The largest absolute Gasteiger partial charge is 0.312 e. The quantitative estimate of drug-likeness (QED) is 0.706. The summed E-state index contributed by atoms with van der Waals surface area (Å²) in [5.74, 6) is 0. The second-order valence-electron chi connectivity index (χ2n) is 5.08. The van der Waals surface area contributed by atoms with E-state index in [2.05, 4.69) is 52.0 Å². The zero-order valence-electron chi connectivity index (χ0n) is 10.1. The van der Waals surface area contributed by atoms with E-state index in [4.69, 9.17) is 0 Å². The Bertz CT molecular complexity index is 125. The first-order valence-electron chi connectivity index (χ1n) is 5.26. The van der Waals surface area contributed by atoms with Crippen LogP contribution in [0.4, 0.5) is 0 Å². The molecule has 0 fully saturated rings. The Morgan fingerprint density at radius 2 is 1.77 bits per heavy atom. The van der Waals surface area contributed by atoms with Crippen LogP contribution in [-0.2, 0) is 0 Å². The van der Waals surface area contributed by atoms with Crippen molar-refractivity contribution in [1.29, 1.82) is 0 Å². The van der Waals surface area contributed by atoms with Crippen molar-refractivity contribution in [2.24, 2.45) is 5.41 Å². The van der Waals surface area contributed by atoms with Crippen molar-refractivity contribution < 1.29 is 0 Å². The fraction of sp³-hybridized carbons (Fsp3) is 1.00. The first kappa shape index (κ1) is 12.9. The molecule has 0 spiro atoms. The third-order valence-corrected chi connectivity index (χ3v) is 2.40. The summed E-state index contributed by atoms with van der Waals surface area (Å²) in [6, 6.07) is 0.632. The molecule has 0 aliphatic carbocycles. The van der Waals surface area contributed by atoms with Crippen LogP contribution in [0.3, 0.4) is 0 Å². The van der Waals surface area contributed by atoms with Gasteiger partial charge in [-0.05, 0) is 25.9 Å². The van der Waals surface area contributed by atoms with E-state index in [0.29, 0.717) is 11.5 Å². The molecule has 0 aliphatic heterocycles. The maximum Gasteiger partial charge on any atom is 0.0113 e. The first-order valence-corrected chi connectivity index (χ1v) is 5.26. The van der Waals surface area contributed by atoms with Crippen molar-refractivity contribution in [1.82, 2.24) is 10.2 Å². The maximum atomic E-state index is 3.60. The van der Waals surface area contributed by atoms with Gasteiger partial charge in [-0.2, -0.15) is 0 Å². The monoisotopic (exact) mass is 186 g/mol. The molecule has 1 atom stereocenters. The van der Waals surface area contributed by atoms with Gasteiger partial charge in [0.15, 0.2) is 0 Å². The lowest BCUT2D eigenvalue weighted by atomic mass is 9.85. The van der Waals surface area contributed by atoms with Crippen LogP contribution in [0.5, 0.6) is 0 Å². The van der Waals surface area contributed by atoms with Crippen LogP contribution in [0, 0.1) is 5.41 Å². The molecule has 0 saturated carbocycles. The van der Waals surface area contributed by atoms with E-state index in [1.807, 2.05) is 0 Å². The number of hydrogen-bond acceptors (Lipinski definition) is 2. The third kappa shape index (κ3) is 6.05. The highest BCUT2D eigenvalue weighted by Gasteiger charge is 2.21. The van der Waals surface area contributed by atoms with Gasteiger partial charge in [0, 0.05) is 19.1 Å². The summed E-state index contributed by atoms with van der Waals surface area (Å²) in [6.07, 6.45) is 1.21. The Morgan fingerprint density at radius 1 is 1.23 bits per heavy atom. The van der Waals surface area contributed by atoms with Gasteiger partial charge in [-0.15, -0.1) is 0 Å². The van der Waals surface area contributed by atoms with Crippen LogP contribution < -0.4 is 5.32 Å². The summed E-state index contributed by atoms with van der Waals surface area (Å²) in [6.45, 7) is 11.3. The minimum Gasteiger partial charge on any atom is -0.312 e. The van der Waals surface area contributed by atoms with E-state index in [0.717, 1.165) is 13.1 Å². The summed E-state index contributed by atoms with van der Waals surface area (Å²) < 4.78 is 0. The van der Waals surface area contributed by atoms with Gasteiger partial charge in [-0.3, -0.25) is 0 Å². The summed E-state index contributed by atoms with van der Waals surface area (Å²) >= 11 is 0. The number of nitrogens with zero attached hydrogens (tertiary/aromatic N) is 1. The Kier molecular flexibility index (Phi) is 5.57. The van der Waals surface area contributed by atoms with Crippen LogP contribution in [0.2, 0.25) is 0 Å². The molecule has 0 saturated heterocycles. The average molecular weight is 186 g/mol. The third-order valence-electron chi connectivity index (χ3n) is 2.40. The van der Waals surface area contributed by atoms with Crippen molar-refractivity contribution in [3.63, 3.8) is 0 Å². The molecule has 0 aromatic rings. The standard InChI is InChI=1S/C11H26N2/c1-7-10(11(2,3)4)12-8-9-13(5)6/h10,12H,7-9H2,1-6H3. The zero-order chi connectivity index (χ0) is 10.5. The molecule has 0 aliphatic rings. The topological polar surface area (TPSA) is 15.3 Å². The van der Waals surface area contributed by atoms with Gasteiger partial charge in [0.1, 0.15) is 0 Å². The van der Waals surface area contributed by atoms with E-state index < -0.39 is 0 Å². The van der Waals surface area contributed by atoms with Gasteiger partial charge in [0.2, 0.25) is 0 Å². The lowest BCUT2D eigenvalue weighted by Crippen LogP contribution is -2.42. The van der Waals surface area contributed by atoms with E-state index in [1.165, 1.54) is 6.42 Å². The summed E-state index contributed by atoms with van der Waals surface area (Å²) in [4.78, 5) is 2.21. The predicted octanol–water partition coefficient (Wildman–Crippen LogP) is 1.96. The Balaban J connectivity index is 3.73. The van der Waals surface area contributed by atoms with Crippen LogP contribution in [0.25, 0.3) is 0 Å². The molecule has 2 heteroatoms. The lowest BCUT2D eigenvalue weighted by Gasteiger charge is -2.31. The van der Waals surface area contributed by atoms with Crippen molar-refractivity contribution in [2.75, 3.05) is 27.2 Å². The molecule has 0 rings (SSSR count). The van der Waals surface area contributed by atoms with Crippen molar-refractivity contribution in [3.8, 4) is 0 Å². The Labute approximate surface area is 83.7 Å². The van der Waals surface area contributed by atoms with Crippen LogP contribution in [-0.4, -0.2) is 38.1 Å². The smallest absolute Gasteiger partial charge is 0.0113 e. The Morgan fingerprint density at radius 3 is 2.08 bits per heavy atom. The molecule has 2 nitrogen and oxygen atoms in total. The zero-order valence-corrected chi connectivity index (χ0v) is 10.1. The van der Waals surface area contributed by atoms with Gasteiger partial charge in [0.25, 0.3) is 0 Å². The number of nitrogens with one attached hydrogen (secondary N) is 1. The number of hydrogen-bond donors (Lipinski definition) is 1. The molecule has 13 heavy (non-hydrogen) atoms. The second kappa shape index (κ2) is 5.61. The molecule has 80 valence electrons. The fourth-order valence-corrected chi connectivity index (χ4v) is 1.53. The molecular formula is C11H26N2. The van der Waals surface area contributed by atoms with E-state index in [9.17, 15) is 0 Å². The van der Waals surface area contributed by atoms with Gasteiger partial charge in [-0.25, -0.2) is 0 Å². The highest BCUT2D eigenvalue weighted by Crippen LogP contribution is 2.21. The van der Waals surface area contributed by atoms with Crippen LogP contribution >= 0.6 is 0 Å². The minimum absolute atomic E-state index is 0.376. The molecular weight excluding hydrogens is 160 g/mol. The fourth-order valence-electron chi connectivity index (χ4n) is 1.53. The van der Waals surface area contributed by atoms with E-state index >= 15 is 0 Å². The highest BCUT2D eigenvalue weighted by atomic mass is 15.1. The lowest BCUT2D eigenvalue weighted by molar-refractivity contribution is 0.252. The first-order chi connectivity index (χ1) is 5.88. The summed E-state index contributed by atoms with van der Waals surface area (Å²) in [5.41, 5.74) is 0.376. The average Bonchev–Trinajstić information content (AvgIpc) is 1.95. The number of likely N-dealkylation sites (N-methyl/N-ethyl adjacent to an activating group) is 1. The molecule has 0 radical (unpaired) electrons. The normalized spacial score (nSPS) is 15.0. The van der Waals surface area contributed by atoms with Crippen LogP contribution in [0.15, 0.2) is 0 Å². The molecule has 0 bridgehead atoms. The summed E-state index contributed by atoms with van der Waals surface area (Å²) in [7, 11) is 4.22. The van der Waals surface area contributed by atoms with Gasteiger partial charge >= 0.3 is 0 Å². The second-order valence-corrected chi connectivity index (χ2v) is 5.08. The SMILES string of the molecule is CCC(NCCN(C)C)C(C)(C)C. The summed E-state index contributed by atoms with van der Waals surface area (Å²) in [5, 5.41) is 3.60. The highest BCUT2D eigenvalue weighted by molar-refractivity contribution is 4.79. The van der Waals surface area contributed by atoms with Crippen molar-refractivity contribution in [2.45, 2.75) is 40.2 Å². The molecule has 1 N–H and O–H groups in total. The number of rotatable bonds is 5. The van der Waals surface area contributed by atoms with Gasteiger partial charge in [-0.1, -0.05) is 27.7 Å². The van der Waals surface area contributed by atoms with E-state index in [-0.39, 0.29) is 0 Å². The molecule has 0 amide bonds. The molecule has 0 heterocycles. The van der Waals surface area contributed by atoms with E-state index in [1.54, 1.807) is 0 Å². The molecule has 0 aromatic heterocycles. The minimum atomic E-state index is 0.376. The van der Waals surface area contributed by atoms with Gasteiger partial charge < -0.3 is 10.2 Å². The maximum absolute atomic E-state index is 3.60. The predicted molar refractivity (Wildman–Crippen MR) is 60.1 cm³/mol. The van der Waals surface area contributed by atoms with Crippen molar-refractivity contribution >= 4 is 0 Å².